The van der Waals surface area contributed by atoms with Gasteiger partial charge < -0.3 is 52.2 Å². The number of hydrogen-bond acceptors (Lipinski definition) is 25. The Hall–Kier alpha value is -16.6. The lowest BCUT2D eigenvalue weighted by molar-refractivity contribution is 0.567. The summed E-state index contributed by atoms with van der Waals surface area (Å²) in [6.07, 6.45) is 30.6. The third-order valence-corrected chi connectivity index (χ3v) is 16.4. The average molecular weight is 1890 g/mol. The van der Waals surface area contributed by atoms with Crippen molar-refractivity contribution < 1.29 is 4.42 Å². The molecule has 35 nitrogen and oxygen atoms in total. The molecule has 5 aromatic carbocycles. The van der Waals surface area contributed by atoms with Crippen molar-refractivity contribution in [3.8, 4) is 0 Å². The molecule has 0 bridgehead atoms. The Morgan fingerprint density at radius 3 is 0.554 bits per heavy atom. The van der Waals surface area contributed by atoms with Crippen LogP contribution in [0.3, 0.4) is 0 Å². The molecule has 0 aliphatic rings. The number of aryl methyl sites for hydroxylation is 5. The molecular weight excluding hydrogens is 1740 g/mol. The zero-order chi connectivity index (χ0) is 103. The van der Waals surface area contributed by atoms with Crippen molar-refractivity contribution in [3.63, 3.8) is 0 Å². The van der Waals surface area contributed by atoms with Crippen LogP contribution in [-0.4, -0.2) is 143 Å². The topological polar surface area (TPSA) is 481 Å². The van der Waals surface area contributed by atoms with E-state index in [9.17, 15) is 0 Å². The van der Waals surface area contributed by atoms with Gasteiger partial charge in [-0.3, -0.25) is 37.0 Å². The van der Waals surface area contributed by atoms with Crippen LogP contribution in [0.25, 0.3) is 55.8 Å². The van der Waals surface area contributed by atoms with E-state index in [4.69, 9.17) is 27.0 Å². The Labute approximate surface area is 816 Å². The summed E-state index contributed by atoms with van der Waals surface area (Å²) in [6.45, 7) is 52.9. The first kappa shape index (κ1) is 120. The van der Waals surface area contributed by atoms with Gasteiger partial charge >= 0.3 is 0 Å². The molecule has 0 atom stereocenters. The van der Waals surface area contributed by atoms with Gasteiger partial charge in [-0.25, -0.2) is 74.8 Å². The maximum atomic E-state index is 7.76. The number of aromatic nitrogens is 29. The first-order valence-corrected chi connectivity index (χ1v) is 46.8. The first-order chi connectivity index (χ1) is 68.2. The zero-order valence-electron chi connectivity index (χ0n) is 85.5. The normalized spacial score (nSPS) is 9.19. The van der Waals surface area contributed by atoms with Gasteiger partial charge in [-0.2, -0.15) is 10.2 Å². The Balaban J connectivity index is 0.000000776. The molecule has 0 saturated heterocycles. The van der Waals surface area contributed by atoms with Crippen molar-refractivity contribution in [2.75, 3.05) is 0 Å². The van der Waals surface area contributed by atoms with Gasteiger partial charge in [-0.15, -0.1) is 0 Å². The summed E-state index contributed by atoms with van der Waals surface area (Å²) in [5.41, 5.74) is 14.4. The maximum Gasteiger partial charge on any atom is 0.173 e. The smallest absolute Gasteiger partial charge is 0.173 e. The number of H-pyrrole nitrogens is 5. The number of fused-ring (bicyclic) bond motifs is 5. The fourth-order valence-corrected chi connectivity index (χ4v) is 11.2. The first-order valence-electron chi connectivity index (χ1n) is 46.8. The predicted molar refractivity (Wildman–Crippen MR) is 558 cm³/mol. The van der Waals surface area contributed by atoms with E-state index < -0.39 is 0 Å². The van der Waals surface area contributed by atoms with Crippen LogP contribution in [0.5, 0.6) is 0 Å². The van der Waals surface area contributed by atoms with Crippen LogP contribution >= 0.6 is 0 Å². The summed E-state index contributed by atoms with van der Waals surface area (Å²) in [4.78, 5) is 83.3. The highest BCUT2D eigenvalue weighted by Gasteiger charge is 2.13. The molecule has 20 aromatic rings. The molecule has 15 heterocycles. The lowest BCUT2D eigenvalue weighted by Gasteiger charge is -2.06. The molecule has 0 fully saturated rings. The molecule has 0 unspecified atom stereocenters. The minimum Gasteiger partial charge on any atom is -0.473 e. The van der Waals surface area contributed by atoms with Gasteiger partial charge in [0.1, 0.15) is 82.0 Å². The third-order valence-electron chi connectivity index (χ3n) is 16.4. The fraction of sp³-hybridized carbons (Fsp3) is 0.288. The molecule has 0 amide bonds. The fourth-order valence-electron chi connectivity index (χ4n) is 11.2. The molecule has 10 N–H and O–H groups in total. The van der Waals surface area contributed by atoms with Gasteiger partial charge in [-0.05, 0) is 92.8 Å². The van der Waals surface area contributed by atoms with Crippen LogP contribution < -0.4 is 27.4 Å². The minimum atomic E-state index is 0.231. The summed E-state index contributed by atoms with van der Waals surface area (Å²) in [6, 6.07) is 59.8. The van der Waals surface area contributed by atoms with E-state index in [2.05, 4.69) is 185 Å². The van der Waals surface area contributed by atoms with Gasteiger partial charge in [0.25, 0.3) is 0 Å². The van der Waals surface area contributed by atoms with E-state index in [1.807, 2.05) is 311 Å². The number of furan rings is 1. The van der Waals surface area contributed by atoms with Crippen molar-refractivity contribution in [2.24, 2.45) is 0 Å². The SMILES string of the molecule is CC.CC.CC.CC.CC.CC.CC.CC.CC.CC.Cc1nc2c([nH]1)c(=N)ncn2Cc1ccccc1.Cc1nc2c([nH]1)c(=N)ncn2Cc1ccccc1.Cc1nc2c([nH]1)c(=N)ncn2Cc1ccccc1.Cc1nc2c([nH]1)c(=N)ncn2Cc1ccccc1.Cc1nc2c([nH]1)c(=N)ncn2Cc1ccccc1.c1ccnnc1.c1ccoc1.c1cnccn1.c1cncnc1.c1ncncn1. The van der Waals surface area contributed by atoms with Crippen LogP contribution in [0.1, 0.15) is 195 Å². The second-order valence-corrected chi connectivity index (χ2v) is 25.4. The summed E-state index contributed by atoms with van der Waals surface area (Å²) in [5.74, 6) is 4.00. The van der Waals surface area contributed by atoms with E-state index >= 15 is 0 Å². The molecule has 15 aromatic heterocycles. The van der Waals surface area contributed by atoms with Crippen molar-refractivity contribution in [3.05, 3.63) is 385 Å². The highest BCUT2D eigenvalue weighted by molar-refractivity contribution is 5.72. The summed E-state index contributed by atoms with van der Waals surface area (Å²) >= 11 is 0. The van der Waals surface area contributed by atoms with E-state index in [0.717, 1.165) is 57.4 Å². The third kappa shape index (κ3) is 44.4. The van der Waals surface area contributed by atoms with Crippen LogP contribution in [0.15, 0.2) is 305 Å². The van der Waals surface area contributed by atoms with Gasteiger partial charge in [0.05, 0.1) is 76.9 Å². The van der Waals surface area contributed by atoms with Gasteiger partial charge in [0.2, 0.25) is 0 Å². The molecule has 0 saturated carbocycles. The molecule has 736 valence electrons. The van der Waals surface area contributed by atoms with Crippen LogP contribution in [-0.2, 0) is 32.7 Å². The Kier molecular flexibility index (Phi) is 65.6. The van der Waals surface area contributed by atoms with Crippen molar-refractivity contribution in [1.29, 1.82) is 27.0 Å². The zero-order valence-corrected chi connectivity index (χ0v) is 85.5. The lowest BCUT2D eigenvalue weighted by Crippen LogP contribution is -2.13. The summed E-state index contributed by atoms with van der Waals surface area (Å²) in [7, 11) is 0. The molecule has 0 aliphatic heterocycles. The number of aromatic amines is 5. The standard InChI is InChI=1S/5C13H13N5.3C4H4N2.C4H4O.C3H3N3.10C2H6/c5*1-9-16-11-12(14)15-8-18(13(11)17-9)7-10-5-3-2-4-6-10;1-2-6-4-3-5-1;1-2-5-4-6-3-1;1-2-4-6-5-3-1;1-2-4-5-3-1;1-4-2-6-3-5-1;10*1-2/h5*2-6,8,14H,7H2,1H3,(H,16,17);3*1-4H;1-4H;1-3H;10*1-2H3. The van der Waals surface area contributed by atoms with E-state index in [1.165, 1.54) is 53.1 Å². The van der Waals surface area contributed by atoms with Crippen LogP contribution in [0, 0.1) is 61.7 Å². The van der Waals surface area contributed by atoms with E-state index in [1.54, 1.807) is 99.8 Å². The largest absolute Gasteiger partial charge is 0.473 e. The Bertz CT molecular complexity index is 5640. The van der Waals surface area contributed by atoms with Crippen LogP contribution in [0.2, 0.25) is 0 Å². The van der Waals surface area contributed by atoms with Crippen molar-refractivity contribution >= 4 is 55.8 Å². The molecule has 0 radical (unpaired) electrons. The number of rotatable bonds is 10. The number of hydrogen-bond donors (Lipinski definition) is 10. The maximum absolute atomic E-state index is 7.76. The summed E-state index contributed by atoms with van der Waals surface area (Å²) in [5, 5.41) is 45.9. The van der Waals surface area contributed by atoms with Crippen LogP contribution in [0.4, 0.5) is 0 Å². The number of benzene rings is 5. The second-order valence-electron chi connectivity index (χ2n) is 25.4. The minimum absolute atomic E-state index is 0.231. The monoisotopic (exact) mass is 1890 g/mol. The Morgan fingerprint density at radius 2 is 0.417 bits per heavy atom. The Morgan fingerprint density at radius 1 is 0.223 bits per heavy atom. The van der Waals surface area contributed by atoms with E-state index in [-0.39, 0.29) is 27.4 Å². The molecule has 35 heteroatoms. The number of imidazole rings is 5. The number of nitrogens with one attached hydrogen (secondary N) is 10. The van der Waals surface area contributed by atoms with Gasteiger partial charge in [0.15, 0.2) is 55.7 Å². The average Bonchev–Trinajstić information content (AvgIpc) is 1.69. The molecule has 0 spiro atoms. The number of nitrogens with zero attached hydrogens (tertiary/aromatic N) is 24. The summed E-state index contributed by atoms with van der Waals surface area (Å²) < 4.78 is 14.3. The van der Waals surface area contributed by atoms with Crippen molar-refractivity contribution in [2.45, 2.75) is 206 Å². The highest BCUT2D eigenvalue weighted by atomic mass is 16.3. The molecule has 20 rings (SSSR count). The quantitative estimate of drug-likeness (QED) is 0.0608. The van der Waals surface area contributed by atoms with Gasteiger partial charge in [-0.1, -0.05) is 290 Å². The predicted octanol–water partition coefficient (Wildman–Crippen LogP) is 20.8. The molecule has 139 heavy (non-hydrogen) atoms. The van der Waals surface area contributed by atoms with Crippen molar-refractivity contribution in [1.82, 2.24) is 143 Å². The highest BCUT2D eigenvalue weighted by Crippen LogP contribution is 2.15. The van der Waals surface area contributed by atoms with E-state index in [0.29, 0.717) is 60.3 Å². The molecular formula is C104H144N34O. The lowest BCUT2D eigenvalue weighted by atomic mass is 10.2. The van der Waals surface area contributed by atoms with Gasteiger partial charge in [0, 0.05) is 49.6 Å². The molecule has 0 aliphatic carbocycles. The second kappa shape index (κ2) is 75.8.